The predicted molar refractivity (Wildman–Crippen MR) is 72.3 cm³/mol. The van der Waals surface area contributed by atoms with E-state index >= 15 is 0 Å². The summed E-state index contributed by atoms with van der Waals surface area (Å²) in [7, 11) is 0. The molecule has 0 aliphatic heterocycles. The quantitative estimate of drug-likeness (QED) is 0.740. The molecule has 0 saturated heterocycles. The molecule has 6 heteroatoms. The van der Waals surface area contributed by atoms with E-state index in [1.165, 1.54) is 0 Å². The highest BCUT2D eigenvalue weighted by atomic mass is 35.5. The van der Waals surface area contributed by atoms with Crippen molar-refractivity contribution in [2.45, 2.75) is 19.8 Å². The summed E-state index contributed by atoms with van der Waals surface area (Å²) < 4.78 is 1.81. The van der Waals surface area contributed by atoms with Gasteiger partial charge in [-0.3, -0.25) is 0 Å². The molecule has 0 atom stereocenters. The van der Waals surface area contributed by atoms with E-state index in [0.717, 1.165) is 32.8 Å². The second-order valence-electron chi connectivity index (χ2n) is 3.93. The number of nitrogens with zero attached hydrogens (tertiary/aromatic N) is 4. The van der Waals surface area contributed by atoms with Crippen LogP contribution < -0.4 is 0 Å². The van der Waals surface area contributed by atoms with Crippen LogP contribution in [-0.2, 0) is 12.8 Å². The van der Waals surface area contributed by atoms with Crippen LogP contribution in [-0.4, -0.2) is 19.8 Å². The zero-order valence-electron chi connectivity index (χ0n) is 9.80. The lowest BCUT2D eigenvalue weighted by molar-refractivity contribution is 0.826. The molecule has 2 aromatic heterocycles. The molecule has 0 unspecified atom stereocenters. The van der Waals surface area contributed by atoms with E-state index in [4.69, 9.17) is 11.6 Å². The lowest BCUT2D eigenvalue weighted by Gasteiger charge is -2.00. The first-order valence-corrected chi connectivity index (χ1v) is 6.90. The normalized spacial score (nSPS) is 11.2. The van der Waals surface area contributed by atoms with Crippen molar-refractivity contribution >= 4 is 27.9 Å². The van der Waals surface area contributed by atoms with Crippen LogP contribution in [0.15, 0.2) is 24.3 Å². The standard InChI is InChI=1S/C12H11ClN4S/c1-2-11-16-17-10(14-15-12(17)18-11)7-8-5-3-4-6-9(8)13/h3-6H,2,7H2,1H3. The fourth-order valence-corrected chi connectivity index (χ4v) is 2.76. The predicted octanol–water partition coefficient (Wildman–Crippen LogP) is 2.99. The van der Waals surface area contributed by atoms with Gasteiger partial charge in [-0.2, -0.15) is 9.61 Å². The second kappa shape index (κ2) is 4.66. The molecule has 18 heavy (non-hydrogen) atoms. The Morgan fingerprint density at radius 1 is 1.28 bits per heavy atom. The third kappa shape index (κ3) is 2.00. The number of rotatable bonds is 3. The van der Waals surface area contributed by atoms with Crippen LogP contribution in [0.25, 0.3) is 4.96 Å². The van der Waals surface area contributed by atoms with Gasteiger partial charge in [0, 0.05) is 11.4 Å². The van der Waals surface area contributed by atoms with Gasteiger partial charge < -0.3 is 0 Å². The van der Waals surface area contributed by atoms with Crippen molar-refractivity contribution in [3.63, 3.8) is 0 Å². The minimum absolute atomic E-state index is 0.647. The number of hydrogen-bond acceptors (Lipinski definition) is 4. The Morgan fingerprint density at radius 2 is 2.11 bits per heavy atom. The molecule has 1 aromatic carbocycles. The van der Waals surface area contributed by atoms with Gasteiger partial charge in [-0.1, -0.05) is 48.1 Å². The van der Waals surface area contributed by atoms with E-state index in [0.29, 0.717) is 6.42 Å². The number of benzene rings is 1. The van der Waals surface area contributed by atoms with Gasteiger partial charge in [0.1, 0.15) is 5.01 Å². The Kier molecular flexibility index (Phi) is 3.01. The Morgan fingerprint density at radius 3 is 2.89 bits per heavy atom. The molecule has 0 N–H and O–H groups in total. The summed E-state index contributed by atoms with van der Waals surface area (Å²) in [4.78, 5) is 0.842. The van der Waals surface area contributed by atoms with Crippen molar-refractivity contribution in [3.05, 3.63) is 45.7 Å². The highest BCUT2D eigenvalue weighted by Gasteiger charge is 2.12. The minimum Gasteiger partial charge on any atom is -0.187 e. The van der Waals surface area contributed by atoms with E-state index in [-0.39, 0.29) is 0 Å². The summed E-state index contributed by atoms with van der Waals surface area (Å²) in [6, 6.07) is 7.77. The lowest BCUT2D eigenvalue weighted by atomic mass is 10.1. The molecule has 92 valence electrons. The molecule has 3 rings (SSSR count). The number of fused-ring (bicyclic) bond motifs is 1. The fourth-order valence-electron chi connectivity index (χ4n) is 1.76. The van der Waals surface area contributed by atoms with Crippen molar-refractivity contribution < 1.29 is 0 Å². The maximum atomic E-state index is 6.15. The number of hydrogen-bond donors (Lipinski definition) is 0. The van der Waals surface area contributed by atoms with Gasteiger partial charge in [-0.25, -0.2) is 0 Å². The molecule has 3 aromatic rings. The summed E-state index contributed by atoms with van der Waals surface area (Å²) >= 11 is 7.73. The fraction of sp³-hybridized carbons (Fsp3) is 0.250. The van der Waals surface area contributed by atoms with Gasteiger partial charge in [0.25, 0.3) is 0 Å². The molecule has 0 fully saturated rings. The average Bonchev–Trinajstić information content (AvgIpc) is 2.93. The Balaban J connectivity index is 2.00. The molecule has 0 radical (unpaired) electrons. The van der Waals surface area contributed by atoms with Crippen molar-refractivity contribution in [1.82, 2.24) is 19.8 Å². The molecule has 4 nitrogen and oxygen atoms in total. The first kappa shape index (κ1) is 11.6. The van der Waals surface area contributed by atoms with Gasteiger partial charge >= 0.3 is 0 Å². The Hall–Kier alpha value is -1.46. The van der Waals surface area contributed by atoms with E-state index in [2.05, 4.69) is 22.2 Å². The highest BCUT2D eigenvalue weighted by molar-refractivity contribution is 7.16. The maximum Gasteiger partial charge on any atom is 0.234 e. The molecule has 0 spiro atoms. The minimum atomic E-state index is 0.647. The van der Waals surface area contributed by atoms with Gasteiger partial charge in [0.05, 0.1) is 0 Å². The first-order valence-electron chi connectivity index (χ1n) is 5.71. The van der Waals surface area contributed by atoms with E-state index < -0.39 is 0 Å². The van der Waals surface area contributed by atoms with Gasteiger partial charge in [0.15, 0.2) is 5.82 Å². The summed E-state index contributed by atoms with van der Waals surface area (Å²) in [5, 5.41) is 14.6. The zero-order valence-corrected chi connectivity index (χ0v) is 11.4. The molecular formula is C12H11ClN4S. The summed E-state index contributed by atoms with van der Waals surface area (Å²) in [6.07, 6.45) is 1.56. The molecule has 0 aliphatic carbocycles. The van der Waals surface area contributed by atoms with Crippen molar-refractivity contribution in [2.75, 3.05) is 0 Å². The smallest absolute Gasteiger partial charge is 0.187 e. The molecule has 0 amide bonds. The third-order valence-electron chi connectivity index (χ3n) is 2.71. The number of halogens is 1. The monoisotopic (exact) mass is 278 g/mol. The summed E-state index contributed by atoms with van der Waals surface area (Å²) in [5.74, 6) is 0.828. The molecule has 0 saturated carbocycles. The van der Waals surface area contributed by atoms with Crippen LogP contribution in [0.1, 0.15) is 23.3 Å². The van der Waals surface area contributed by atoms with Crippen molar-refractivity contribution in [1.29, 1.82) is 0 Å². The van der Waals surface area contributed by atoms with Crippen molar-refractivity contribution in [3.8, 4) is 0 Å². The van der Waals surface area contributed by atoms with E-state index in [1.54, 1.807) is 11.3 Å². The van der Waals surface area contributed by atoms with Crippen LogP contribution in [0.2, 0.25) is 5.02 Å². The average molecular weight is 279 g/mol. The van der Waals surface area contributed by atoms with Crippen LogP contribution in [0.4, 0.5) is 0 Å². The summed E-state index contributed by atoms with van der Waals surface area (Å²) in [5.41, 5.74) is 1.04. The SMILES string of the molecule is CCc1nn2c(Cc3ccccc3Cl)nnc2s1. The number of aryl methyl sites for hydroxylation is 1. The van der Waals surface area contributed by atoms with Gasteiger partial charge in [-0.15, -0.1) is 10.2 Å². The van der Waals surface area contributed by atoms with Crippen LogP contribution in [0, 0.1) is 0 Å². The van der Waals surface area contributed by atoms with Crippen LogP contribution in [0.3, 0.4) is 0 Å². The Labute approximate surface area is 113 Å². The van der Waals surface area contributed by atoms with Crippen LogP contribution >= 0.6 is 22.9 Å². The number of aromatic nitrogens is 4. The summed E-state index contributed by atoms with van der Waals surface area (Å²) in [6.45, 7) is 2.08. The topological polar surface area (TPSA) is 43.1 Å². The van der Waals surface area contributed by atoms with Crippen molar-refractivity contribution in [2.24, 2.45) is 0 Å². The maximum absolute atomic E-state index is 6.15. The first-order chi connectivity index (χ1) is 8.78. The molecule has 0 aliphatic rings. The third-order valence-corrected chi connectivity index (χ3v) is 4.12. The Bertz CT molecular complexity index is 688. The van der Waals surface area contributed by atoms with Crippen LogP contribution in [0.5, 0.6) is 0 Å². The zero-order chi connectivity index (χ0) is 12.5. The largest absolute Gasteiger partial charge is 0.234 e. The van der Waals surface area contributed by atoms with E-state index in [1.807, 2.05) is 28.8 Å². The highest BCUT2D eigenvalue weighted by Crippen LogP contribution is 2.20. The molecule has 0 bridgehead atoms. The molecule has 2 heterocycles. The van der Waals surface area contributed by atoms with Gasteiger partial charge in [-0.05, 0) is 18.1 Å². The van der Waals surface area contributed by atoms with E-state index in [9.17, 15) is 0 Å². The second-order valence-corrected chi connectivity index (χ2v) is 5.38. The molecular weight excluding hydrogens is 268 g/mol. The van der Waals surface area contributed by atoms with Gasteiger partial charge in [0.2, 0.25) is 4.96 Å². The lowest BCUT2D eigenvalue weighted by Crippen LogP contribution is -1.98.